The van der Waals surface area contributed by atoms with Gasteiger partial charge >= 0.3 is 6.16 Å². The van der Waals surface area contributed by atoms with Crippen molar-refractivity contribution in [1.29, 1.82) is 0 Å². The highest BCUT2D eigenvalue weighted by Gasteiger charge is 2.61. The number of ether oxygens (including phenoxy) is 4. The minimum Gasteiger partial charge on any atom is -0.273 e. The molecule has 3 rings (SSSR count). The number of benzene rings is 1. The Labute approximate surface area is 151 Å². The molecule has 0 bridgehead atoms. The third-order valence-corrected chi connectivity index (χ3v) is 4.92. The molecule has 0 N–H and O–H groups in total. The highest BCUT2D eigenvalue weighted by molar-refractivity contribution is 5.16. The van der Waals surface area contributed by atoms with Crippen LogP contribution in [0.1, 0.15) is 89.4 Å². The van der Waals surface area contributed by atoms with E-state index in [1.54, 1.807) is 0 Å². The Morgan fingerprint density at radius 3 is 1.88 bits per heavy atom. The Kier molecular flexibility index (Phi) is 7.29. The normalized spacial score (nSPS) is 27.9. The first kappa shape index (κ1) is 18.8. The molecule has 1 aromatic rings. The second-order valence-electron chi connectivity index (χ2n) is 7.11. The van der Waals surface area contributed by atoms with Crippen molar-refractivity contribution < 1.29 is 18.9 Å². The van der Waals surface area contributed by atoms with Gasteiger partial charge in [-0.05, 0) is 12.8 Å². The first-order valence-corrected chi connectivity index (χ1v) is 10.1. The van der Waals surface area contributed by atoms with Crippen LogP contribution < -0.4 is 0 Å². The van der Waals surface area contributed by atoms with E-state index in [0.29, 0.717) is 0 Å². The van der Waals surface area contributed by atoms with Crippen LogP contribution in [-0.2, 0) is 18.9 Å². The SMILES string of the molecule is CCCCCCCCCCCCC1OC2(O1)OC(c1ccccc1)O2. The Morgan fingerprint density at radius 2 is 1.28 bits per heavy atom. The quantitative estimate of drug-likeness (QED) is 0.432. The second-order valence-corrected chi connectivity index (χ2v) is 7.11. The summed E-state index contributed by atoms with van der Waals surface area (Å²) in [5.41, 5.74) is 0.985. The van der Waals surface area contributed by atoms with Crippen molar-refractivity contribution in [1.82, 2.24) is 0 Å². The standard InChI is InChI=1S/C21H32O4/c1-2-3-4-5-6-7-8-9-10-14-17-19-22-21(23-19)24-20(25-21)18-15-12-11-13-16-18/h11-13,15-16,19-20H,2-10,14,17H2,1H3. The molecule has 0 saturated carbocycles. The summed E-state index contributed by atoms with van der Waals surface area (Å²) in [6, 6.07) is 9.83. The van der Waals surface area contributed by atoms with E-state index in [1.165, 1.54) is 57.8 Å². The lowest BCUT2D eigenvalue weighted by Gasteiger charge is -2.53. The lowest BCUT2D eigenvalue weighted by Crippen LogP contribution is -2.64. The molecule has 2 aliphatic rings. The van der Waals surface area contributed by atoms with E-state index in [-0.39, 0.29) is 12.6 Å². The van der Waals surface area contributed by atoms with Crippen molar-refractivity contribution in [2.24, 2.45) is 0 Å². The van der Waals surface area contributed by atoms with Gasteiger partial charge in [0, 0.05) is 5.56 Å². The lowest BCUT2D eigenvalue weighted by molar-refractivity contribution is -0.721. The molecule has 0 atom stereocenters. The molecule has 0 aliphatic carbocycles. The molecule has 0 radical (unpaired) electrons. The molecular weight excluding hydrogens is 316 g/mol. The molecule has 2 saturated heterocycles. The van der Waals surface area contributed by atoms with Crippen LogP contribution in [0.4, 0.5) is 0 Å². The lowest BCUT2D eigenvalue weighted by atomic mass is 10.1. The minimum absolute atomic E-state index is 0.175. The summed E-state index contributed by atoms with van der Waals surface area (Å²) in [4.78, 5) is 0. The third kappa shape index (κ3) is 5.52. The van der Waals surface area contributed by atoms with Crippen LogP contribution in [0.5, 0.6) is 0 Å². The molecular formula is C21H32O4. The molecule has 0 aromatic heterocycles. The van der Waals surface area contributed by atoms with E-state index in [0.717, 1.165) is 18.4 Å². The summed E-state index contributed by atoms with van der Waals surface area (Å²) in [6.07, 6.45) is 12.5. The van der Waals surface area contributed by atoms with Crippen molar-refractivity contribution >= 4 is 0 Å². The Bertz CT molecular complexity index is 476. The highest BCUT2D eigenvalue weighted by atomic mass is 17.2. The van der Waals surface area contributed by atoms with Crippen LogP contribution in [0.15, 0.2) is 30.3 Å². The summed E-state index contributed by atoms with van der Waals surface area (Å²) >= 11 is 0. The maximum absolute atomic E-state index is 5.63. The Hall–Kier alpha value is -0.940. The summed E-state index contributed by atoms with van der Waals surface area (Å²) < 4.78 is 22.5. The van der Waals surface area contributed by atoms with E-state index in [1.807, 2.05) is 30.3 Å². The van der Waals surface area contributed by atoms with Gasteiger partial charge in [-0.2, -0.15) is 0 Å². The predicted octanol–water partition coefficient (Wildman–Crippen LogP) is 6.03. The molecule has 1 spiro atoms. The molecule has 0 amide bonds. The molecule has 4 nitrogen and oxygen atoms in total. The fourth-order valence-electron chi connectivity index (χ4n) is 3.38. The van der Waals surface area contributed by atoms with E-state index in [4.69, 9.17) is 18.9 Å². The zero-order valence-electron chi connectivity index (χ0n) is 15.5. The molecule has 1 aromatic carbocycles. The third-order valence-electron chi connectivity index (χ3n) is 4.92. The average molecular weight is 348 g/mol. The van der Waals surface area contributed by atoms with Crippen LogP contribution >= 0.6 is 0 Å². The van der Waals surface area contributed by atoms with Crippen molar-refractivity contribution in [2.75, 3.05) is 0 Å². The van der Waals surface area contributed by atoms with Crippen molar-refractivity contribution in [2.45, 2.75) is 96.3 Å². The summed E-state index contributed by atoms with van der Waals surface area (Å²) in [5, 5.41) is 0. The summed E-state index contributed by atoms with van der Waals surface area (Å²) in [5.74, 6) is 0. The Balaban J connectivity index is 1.14. The zero-order chi connectivity index (χ0) is 17.4. The van der Waals surface area contributed by atoms with Gasteiger partial charge in [-0.3, -0.25) is 18.9 Å². The fraction of sp³-hybridized carbons (Fsp3) is 0.714. The van der Waals surface area contributed by atoms with Gasteiger partial charge in [-0.15, -0.1) is 0 Å². The number of unbranched alkanes of at least 4 members (excludes halogenated alkanes) is 9. The number of rotatable bonds is 12. The minimum atomic E-state index is -1.22. The van der Waals surface area contributed by atoms with Gasteiger partial charge in [0.25, 0.3) is 0 Å². The van der Waals surface area contributed by atoms with E-state index in [2.05, 4.69) is 6.92 Å². The largest absolute Gasteiger partial charge is 0.422 e. The molecule has 2 aliphatic heterocycles. The summed E-state index contributed by atoms with van der Waals surface area (Å²) in [6.45, 7) is 2.27. The predicted molar refractivity (Wildman–Crippen MR) is 96.5 cm³/mol. The average Bonchev–Trinajstić information content (AvgIpc) is 2.57. The monoisotopic (exact) mass is 348 g/mol. The molecule has 140 valence electrons. The van der Waals surface area contributed by atoms with E-state index in [9.17, 15) is 0 Å². The van der Waals surface area contributed by atoms with Crippen LogP contribution in [0.3, 0.4) is 0 Å². The van der Waals surface area contributed by atoms with Gasteiger partial charge in [0.1, 0.15) is 0 Å². The van der Waals surface area contributed by atoms with Crippen LogP contribution in [0.2, 0.25) is 0 Å². The maximum Gasteiger partial charge on any atom is 0.422 e. The highest BCUT2D eigenvalue weighted by Crippen LogP contribution is 2.48. The van der Waals surface area contributed by atoms with Gasteiger partial charge in [0.15, 0.2) is 6.29 Å². The van der Waals surface area contributed by atoms with Crippen LogP contribution in [0.25, 0.3) is 0 Å². The first-order chi connectivity index (χ1) is 12.3. The second kappa shape index (κ2) is 9.67. The molecule has 2 fully saturated rings. The number of hydrogen-bond donors (Lipinski definition) is 0. The molecule has 25 heavy (non-hydrogen) atoms. The van der Waals surface area contributed by atoms with Crippen LogP contribution in [0, 0.1) is 0 Å². The van der Waals surface area contributed by atoms with Gasteiger partial charge in [0.05, 0.1) is 0 Å². The fourth-order valence-corrected chi connectivity index (χ4v) is 3.38. The molecule has 0 unspecified atom stereocenters. The van der Waals surface area contributed by atoms with E-state index < -0.39 is 6.16 Å². The van der Waals surface area contributed by atoms with Gasteiger partial charge in [-0.25, -0.2) is 0 Å². The van der Waals surface area contributed by atoms with Crippen molar-refractivity contribution in [3.63, 3.8) is 0 Å². The number of hydrogen-bond acceptors (Lipinski definition) is 4. The van der Waals surface area contributed by atoms with Gasteiger partial charge in [0.2, 0.25) is 6.29 Å². The van der Waals surface area contributed by atoms with Gasteiger partial charge < -0.3 is 0 Å². The van der Waals surface area contributed by atoms with Crippen molar-refractivity contribution in [3.05, 3.63) is 35.9 Å². The van der Waals surface area contributed by atoms with Gasteiger partial charge in [-0.1, -0.05) is 95.0 Å². The molecule has 4 heteroatoms. The zero-order valence-corrected chi connectivity index (χ0v) is 15.5. The summed E-state index contributed by atoms with van der Waals surface area (Å²) in [7, 11) is 0. The molecule has 2 heterocycles. The van der Waals surface area contributed by atoms with Crippen LogP contribution in [-0.4, -0.2) is 12.4 Å². The topological polar surface area (TPSA) is 36.9 Å². The first-order valence-electron chi connectivity index (χ1n) is 10.1. The smallest absolute Gasteiger partial charge is 0.273 e. The van der Waals surface area contributed by atoms with Crippen molar-refractivity contribution in [3.8, 4) is 0 Å². The maximum atomic E-state index is 5.63. The Morgan fingerprint density at radius 1 is 0.720 bits per heavy atom. The van der Waals surface area contributed by atoms with E-state index >= 15 is 0 Å².